The molecule has 0 amide bonds. The molecule has 2 aromatic carbocycles. The van der Waals surface area contributed by atoms with Gasteiger partial charge in [0, 0.05) is 25.9 Å². The SMILES string of the molecule is CCNC(=NCc1cccc(OCCOC)c1)NCc1ccccc1-n1nc(C)cc1C.I. The number of aryl methyl sites for hydroxylation is 2. The van der Waals surface area contributed by atoms with Crippen LogP contribution >= 0.6 is 24.0 Å². The first kappa shape index (κ1) is 26.7. The third kappa shape index (κ3) is 8.04. The van der Waals surface area contributed by atoms with Gasteiger partial charge in [-0.2, -0.15) is 5.10 Å². The Kier molecular flexibility index (Phi) is 11.2. The smallest absolute Gasteiger partial charge is 0.191 e. The lowest BCUT2D eigenvalue weighted by atomic mass is 10.1. The Morgan fingerprint density at radius 3 is 2.58 bits per heavy atom. The Morgan fingerprint density at radius 1 is 1.03 bits per heavy atom. The quantitative estimate of drug-likeness (QED) is 0.166. The van der Waals surface area contributed by atoms with Crippen molar-refractivity contribution in [3.8, 4) is 11.4 Å². The van der Waals surface area contributed by atoms with Crippen LogP contribution in [0.3, 0.4) is 0 Å². The lowest BCUT2D eigenvalue weighted by Crippen LogP contribution is -2.37. The van der Waals surface area contributed by atoms with Crippen molar-refractivity contribution in [3.63, 3.8) is 0 Å². The average molecular weight is 563 g/mol. The normalized spacial score (nSPS) is 11.1. The highest BCUT2D eigenvalue weighted by Crippen LogP contribution is 2.17. The van der Waals surface area contributed by atoms with Crippen molar-refractivity contribution in [1.29, 1.82) is 0 Å². The van der Waals surface area contributed by atoms with E-state index < -0.39 is 0 Å². The van der Waals surface area contributed by atoms with E-state index in [1.54, 1.807) is 7.11 Å². The van der Waals surface area contributed by atoms with Crippen LogP contribution in [0.4, 0.5) is 0 Å². The summed E-state index contributed by atoms with van der Waals surface area (Å²) in [6.07, 6.45) is 0. The first-order valence-corrected chi connectivity index (χ1v) is 10.9. The van der Waals surface area contributed by atoms with Gasteiger partial charge in [-0.05, 0) is 56.2 Å². The third-order valence-corrected chi connectivity index (χ3v) is 4.89. The highest BCUT2D eigenvalue weighted by Gasteiger charge is 2.09. The van der Waals surface area contributed by atoms with E-state index in [4.69, 9.17) is 14.5 Å². The standard InChI is InChI=1S/C25H33N5O2.HI/c1-5-26-25(27-17-21-9-8-11-23(16-21)32-14-13-31-4)28-18-22-10-6-7-12-24(22)30-20(3)15-19(2)29-30;/h6-12,15-16H,5,13-14,17-18H2,1-4H3,(H2,26,27,28);1H. The van der Waals surface area contributed by atoms with Crippen molar-refractivity contribution in [3.05, 3.63) is 77.1 Å². The number of guanidine groups is 1. The van der Waals surface area contributed by atoms with Gasteiger partial charge in [-0.3, -0.25) is 0 Å². The van der Waals surface area contributed by atoms with Gasteiger partial charge in [0.2, 0.25) is 0 Å². The molecule has 7 nitrogen and oxygen atoms in total. The van der Waals surface area contributed by atoms with Crippen molar-refractivity contribution in [2.45, 2.75) is 33.9 Å². The minimum absolute atomic E-state index is 0. The van der Waals surface area contributed by atoms with E-state index in [0.717, 1.165) is 46.5 Å². The molecule has 1 heterocycles. The Balaban J connectivity index is 0.00000385. The fraction of sp³-hybridized carbons (Fsp3) is 0.360. The number of ether oxygens (including phenoxy) is 2. The number of hydrogen-bond donors (Lipinski definition) is 2. The number of aromatic nitrogens is 2. The van der Waals surface area contributed by atoms with Gasteiger partial charge in [-0.15, -0.1) is 24.0 Å². The maximum Gasteiger partial charge on any atom is 0.191 e. The molecule has 0 saturated heterocycles. The number of aliphatic imine (C=N–C) groups is 1. The van der Waals surface area contributed by atoms with E-state index >= 15 is 0 Å². The Morgan fingerprint density at radius 2 is 1.85 bits per heavy atom. The van der Waals surface area contributed by atoms with Gasteiger partial charge in [0.15, 0.2) is 5.96 Å². The van der Waals surface area contributed by atoms with E-state index in [0.29, 0.717) is 26.3 Å². The predicted molar refractivity (Wildman–Crippen MR) is 144 cm³/mol. The average Bonchev–Trinajstić information content (AvgIpc) is 3.14. The first-order valence-electron chi connectivity index (χ1n) is 10.9. The molecule has 0 aliphatic carbocycles. The summed E-state index contributed by atoms with van der Waals surface area (Å²) in [5, 5.41) is 11.4. The van der Waals surface area contributed by atoms with Gasteiger partial charge in [0.05, 0.1) is 24.5 Å². The molecule has 3 rings (SSSR count). The zero-order valence-electron chi connectivity index (χ0n) is 19.8. The van der Waals surface area contributed by atoms with Gasteiger partial charge >= 0.3 is 0 Å². The Labute approximate surface area is 213 Å². The molecule has 0 radical (unpaired) electrons. The first-order chi connectivity index (χ1) is 15.6. The van der Waals surface area contributed by atoms with Crippen molar-refractivity contribution in [2.75, 3.05) is 26.9 Å². The number of nitrogens with zero attached hydrogens (tertiary/aromatic N) is 3. The lowest BCUT2D eigenvalue weighted by molar-refractivity contribution is 0.146. The molecule has 0 aliphatic heterocycles. The Bertz CT molecular complexity index is 1040. The molecule has 0 spiro atoms. The van der Waals surface area contributed by atoms with E-state index in [1.807, 2.05) is 48.0 Å². The Hall–Kier alpha value is -2.59. The number of rotatable bonds is 10. The second kappa shape index (κ2) is 13.8. The van der Waals surface area contributed by atoms with Crippen molar-refractivity contribution >= 4 is 29.9 Å². The molecule has 0 aliphatic rings. The van der Waals surface area contributed by atoms with Gasteiger partial charge in [-0.25, -0.2) is 9.67 Å². The number of methoxy groups -OCH3 is 1. The summed E-state index contributed by atoms with van der Waals surface area (Å²) in [5.41, 5.74) is 5.43. The van der Waals surface area contributed by atoms with Gasteiger partial charge in [-0.1, -0.05) is 30.3 Å². The summed E-state index contributed by atoms with van der Waals surface area (Å²) in [6, 6.07) is 18.4. The van der Waals surface area contributed by atoms with Crippen LogP contribution < -0.4 is 15.4 Å². The molecular weight excluding hydrogens is 529 g/mol. The monoisotopic (exact) mass is 563 g/mol. The molecule has 0 saturated carbocycles. The fourth-order valence-electron chi connectivity index (χ4n) is 3.41. The van der Waals surface area contributed by atoms with E-state index in [2.05, 4.69) is 47.8 Å². The summed E-state index contributed by atoms with van der Waals surface area (Å²) in [6.45, 7) is 9.21. The molecule has 2 N–H and O–H groups in total. The topological polar surface area (TPSA) is 72.7 Å². The highest BCUT2D eigenvalue weighted by atomic mass is 127. The van der Waals surface area contributed by atoms with E-state index in [1.165, 1.54) is 0 Å². The number of halogens is 1. The fourth-order valence-corrected chi connectivity index (χ4v) is 3.41. The highest BCUT2D eigenvalue weighted by molar-refractivity contribution is 14.0. The zero-order valence-corrected chi connectivity index (χ0v) is 22.1. The predicted octanol–water partition coefficient (Wildman–Crippen LogP) is 4.39. The molecule has 33 heavy (non-hydrogen) atoms. The number of benzene rings is 2. The molecule has 0 fully saturated rings. The minimum Gasteiger partial charge on any atom is -0.491 e. The molecule has 178 valence electrons. The van der Waals surface area contributed by atoms with Crippen molar-refractivity contribution < 1.29 is 9.47 Å². The molecule has 0 atom stereocenters. The van der Waals surface area contributed by atoms with Crippen LogP contribution in [-0.2, 0) is 17.8 Å². The van der Waals surface area contributed by atoms with E-state index in [-0.39, 0.29) is 24.0 Å². The second-order valence-electron chi connectivity index (χ2n) is 7.50. The van der Waals surface area contributed by atoms with Crippen LogP contribution in [-0.4, -0.2) is 42.6 Å². The number of hydrogen-bond acceptors (Lipinski definition) is 4. The number of nitrogens with one attached hydrogen (secondary N) is 2. The summed E-state index contributed by atoms with van der Waals surface area (Å²) < 4.78 is 12.7. The second-order valence-corrected chi connectivity index (χ2v) is 7.50. The summed E-state index contributed by atoms with van der Waals surface area (Å²) in [7, 11) is 1.67. The van der Waals surface area contributed by atoms with Crippen LogP contribution in [0.5, 0.6) is 5.75 Å². The van der Waals surface area contributed by atoms with E-state index in [9.17, 15) is 0 Å². The number of para-hydroxylation sites is 1. The van der Waals surface area contributed by atoms with Crippen LogP contribution in [0.2, 0.25) is 0 Å². The molecule has 8 heteroatoms. The maximum atomic E-state index is 5.70. The molecule has 3 aromatic rings. The largest absolute Gasteiger partial charge is 0.491 e. The zero-order chi connectivity index (χ0) is 22.8. The maximum absolute atomic E-state index is 5.70. The summed E-state index contributed by atoms with van der Waals surface area (Å²) >= 11 is 0. The minimum atomic E-state index is 0. The lowest BCUT2D eigenvalue weighted by Gasteiger charge is -2.15. The van der Waals surface area contributed by atoms with Crippen molar-refractivity contribution in [2.24, 2.45) is 4.99 Å². The molecular formula is C25H34IN5O2. The van der Waals surface area contributed by atoms with Crippen LogP contribution in [0.15, 0.2) is 59.6 Å². The van der Waals surface area contributed by atoms with Crippen molar-refractivity contribution in [1.82, 2.24) is 20.4 Å². The van der Waals surface area contributed by atoms with Gasteiger partial charge in [0.1, 0.15) is 12.4 Å². The molecule has 1 aromatic heterocycles. The third-order valence-electron chi connectivity index (χ3n) is 4.89. The molecule has 0 unspecified atom stereocenters. The van der Waals surface area contributed by atoms with Gasteiger partial charge < -0.3 is 20.1 Å². The summed E-state index contributed by atoms with van der Waals surface area (Å²) in [5.74, 6) is 1.59. The van der Waals surface area contributed by atoms with Gasteiger partial charge in [0.25, 0.3) is 0 Å². The van der Waals surface area contributed by atoms with Crippen LogP contribution in [0.25, 0.3) is 5.69 Å². The van der Waals surface area contributed by atoms with Crippen LogP contribution in [0.1, 0.15) is 29.4 Å². The molecule has 0 bridgehead atoms. The summed E-state index contributed by atoms with van der Waals surface area (Å²) in [4.78, 5) is 4.75. The van der Waals surface area contributed by atoms with Crippen LogP contribution in [0, 0.1) is 13.8 Å².